The molecule has 7 nitrogen and oxygen atoms in total. The second kappa shape index (κ2) is 9.29. The molecule has 0 aliphatic carbocycles. The number of benzene rings is 2. The molecule has 2 aromatic carbocycles. The van der Waals surface area contributed by atoms with Crippen LogP contribution in [0.15, 0.2) is 47.3 Å². The molecule has 0 atom stereocenters. The fourth-order valence-corrected chi connectivity index (χ4v) is 3.61. The van der Waals surface area contributed by atoms with E-state index in [1.807, 2.05) is 31.2 Å². The Balaban J connectivity index is 1.72. The Kier molecular flexibility index (Phi) is 6.56. The van der Waals surface area contributed by atoms with Gasteiger partial charge in [0.1, 0.15) is 11.5 Å². The van der Waals surface area contributed by atoms with Crippen molar-refractivity contribution in [2.45, 2.75) is 19.9 Å². The van der Waals surface area contributed by atoms with Crippen molar-refractivity contribution in [3.8, 4) is 17.4 Å². The summed E-state index contributed by atoms with van der Waals surface area (Å²) >= 11 is 0.942. The number of nitrogens with one attached hydrogen (secondary N) is 2. The van der Waals surface area contributed by atoms with Crippen LogP contribution in [0.4, 0.5) is 0 Å². The number of carbonyl (C=O) groups is 1. The summed E-state index contributed by atoms with van der Waals surface area (Å²) in [6.07, 6.45) is 0.332. The Labute approximate surface area is 171 Å². The largest absolute Gasteiger partial charge is 0.496 e. The number of carbonyl (C=O) groups excluding carboxylic acids is 1. The summed E-state index contributed by atoms with van der Waals surface area (Å²) in [5.41, 5.74) is 2.11. The third kappa shape index (κ3) is 5.17. The maximum Gasteiger partial charge on any atom is 0.307 e. The van der Waals surface area contributed by atoms with Crippen LogP contribution in [0.3, 0.4) is 0 Å². The molecule has 152 valence electrons. The summed E-state index contributed by atoms with van der Waals surface area (Å²) in [5, 5.41) is 12.7. The van der Waals surface area contributed by atoms with E-state index in [1.54, 1.807) is 18.2 Å². The van der Waals surface area contributed by atoms with Crippen molar-refractivity contribution in [2.75, 3.05) is 13.7 Å². The van der Waals surface area contributed by atoms with Gasteiger partial charge in [0.25, 0.3) is 5.91 Å². The first-order valence-electron chi connectivity index (χ1n) is 9.08. The molecule has 0 bridgehead atoms. The Bertz CT molecular complexity index is 1040. The summed E-state index contributed by atoms with van der Waals surface area (Å²) in [6, 6.07) is 12.7. The standard InChI is InChI=1S/C21H22N2O5S/c1-3-28-15-7-4-13(5-8-15)12-22-19(24)16-10-14(6-9-17(16)27-2)11-18-20(25)23-21(26)29-18/h4-10,25H,3,11-12H2,1-2H3,(H,22,24)(H,23,26). The molecule has 0 spiro atoms. The van der Waals surface area contributed by atoms with E-state index in [2.05, 4.69) is 10.3 Å². The lowest BCUT2D eigenvalue weighted by atomic mass is 10.1. The molecule has 3 N–H and O–H groups in total. The number of methoxy groups -OCH3 is 1. The second-order valence-electron chi connectivity index (χ2n) is 6.26. The molecular formula is C21H22N2O5S. The number of thiazole rings is 1. The lowest BCUT2D eigenvalue weighted by molar-refractivity contribution is 0.0947. The molecule has 0 radical (unpaired) electrons. The summed E-state index contributed by atoms with van der Waals surface area (Å²) in [5.74, 6) is 0.818. The fraction of sp³-hybridized carbons (Fsp3) is 0.238. The van der Waals surface area contributed by atoms with E-state index in [0.717, 1.165) is 28.2 Å². The first-order valence-corrected chi connectivity index (χ1v) is 9.89. The van der Waals surface area contributed by atoms with Gasteiger partial charge in [-0.1, -0.05) is 29.5 Å². The Hall–Kier alpha value is -3.26. The molecule has 0 fully saturated rings. The van der Waals surface area contributed by atoms with E-state index < -0.39 is 0 Å². The summed E-state index contributed by atoms with van der Waals surface area (Å²) < 4.78 is 10.7. The molecule has 0 aliphatic rings. The van der Waals surface area contributed by atoms with Crippen LogP contribution < -0.4 is 19.7 Å². The maximum atomic E-state index is 12.7. The van der Waals surface area contributed by atoms with E-state index in [0.29, 0.717) is 35.8 Å². The van der Waals surface area contributed by atoms with Gasteiger partial charge in [0, 0.05) is 13.0 Å². The van der Waals surface area contributed by atoms with E-state index in [4.69, 9.17) is 9.47 Å². The first kappa shape index (κ1) is 20.5. The van der Waals surface area contributed by atoms with E-state index >= 15 is 0 Å². The third-order valence-electron chi connectivity index (χ3n) is 4.26. The first-order chi connectivity index (χ1) is 14.0. The highest BCUT2D eigenvalue weighted by Crippen LogP contribution is 2.25. The molecule has 1 heterocycles. The number of aromatic nitrogens is 1. The number of amides is 1. The Morgan fingerprint density at radius 3 is 2.52 bits per heavy atom. The van der Waals surface area contributed by atoms with Crippen molar-refractivity contribution in [1.82, 2.24) is 10.3 Å². The van der Waals surface area contributed by atoms with Crippen molar-refractivity contribution in [3.05, 3.63) is 73.7 Å². The molecule has 1 amide bonds. The predicted octanol–water partition coefficient (Wildman–Crippen LogP) is 3.07. The van der Waals surface area contributed by atoms with Gasteiger partial charge in [0.2, 0.25) is 5.88 Å². The zero-order valence-electron chi connectivity index (χ0n) is 16.2. The quantitative estimate of drug-likeness (QED) is 0.526. The van der Waals surface area contributed by atoms with E-state index in [9.17, 15) is 14.7 Å². The maximum absolute atomic E-state index is 12.7. The van der Waals surface area contributed by atoms with Crippen molar-refractivity contribution in [1.29, 1.82) is 0 Å². The normalized spacial score (nSPS) is 10.6. The van der Waals surface area contributed by atoms with Crippen LogP contribution in [0.25, 0.3) is 0 Å². The molecular weight excluding hydrogens is 392 g/mol. The average molecular weight is 414 g/mol. The minimum atomic E-state index is -0.320. The zero-order chi connectivity index (χ0) is 20.8. The minimum absolute atomic E-state index is 0.141. The smallest absolute Gasteiger partial charge is 0.307 e. The van der Waals surface area contributed by atoms with Crippen molar-refractivity contribution in [2.24, 2.45) is 0 Å². The van der Waals surface area contributed by atoms with Crippen molar-refractivity contribution in [3.63, 3.8) is 0 Å². The number of H-pyrrole nitrogens is 1. The van der Waals surface area contributed by atoms with Gasteiger partial charge < -0.3 is 19.9 Å². The molecule has 0 unspecified atom stereocenters. The number of rotatable bonds is 8. The third-order valence-corrected chi connectivity index (χ3v) is 5.13. The topological polar surface area (TPSA) is 101 Å². The van der Waals surface area contributed by atoms with Gasteiger partial charge in [-0.2, -0.15) is 0 Å². The number of hydrogen-bond donors (Lipinski definition) is 3. The minimum Gasteiger partial charge on any atom is -0.496 e. The SMILES string of the molecule is CCOc1ccc(CNC(=O)c2cc(Cc3sc(=O)[nH]c3O)ccc2OC)cc1. The Morgan fingerprint density at radius 2 is 1.90 bits per heavy atom. The van der Waals surface area contributed by atoms with Gasteiger partial charge in [-0.3, -0.25) is 14.6 Å². The molecule has 0 saturated heterocycles. The lowest BCUT2D eigenvalue weighted by Gasteiger charge is -2.12. The summed E-state index contributed by atoms with van der Waals surface area (Å²) in [7, 11) is 1.50. The van der Waals surface area contributed by atoms with Crippen LogP contribution in [0.5, 0.6) is 17.4 Å². The lowest BCUT2D eigenvalue weighted by Crippen LogP contribution is -2.23. The predicted molar refractivity (Wildman–Crippen MR) is 111 cm³/mol. The number of aromatic amines is 1. The van der Waals surface area contributed by atoms with Crippen LogP contribution in [0.1, 0.15) is 33.3 Å². The molecule has 29 heavy (non-hydrogen) atoms. The van der Waals surface area contributed by atoms with Gasteiger partial charge in [0.15, 0.2) is 0 Å². The molecule has 1 aromatic heterocycles. The van der Waals surface area contributed by atoms with Gasteiger partial charge in [0.05, 0.1) is 24.2 Å². The van der Waals surface area contributed by atoms with Crippen molar-refractivity contribution >= 4 is 17.2 Å². The summed E-state index contributed by atoms with van der Waals surface area (Å²) in [6.45, 7) is 2.88. The average Bonchev–Trinajstić information content (AvgIpc) is 3.04. The number of aromatic hydroxyl groups is 1. The molecule has 0 saturated carbocycles. The second-order valence-corrected chi connectivity index (χ2v) is 7.33. The zero-order valence-corrected chi connectivity index (χ0v) is 17.0. The van der Waals surface area contributed by atoms with Crippen molar-refractivity contribution < 1.29 is 19.4 Å². The molecule has 0 aliphatic heterocycles. The molecule has 3 aromatic rings. The van der Waals surface area contributed by atoms with Gasteiger partial charge in [-0.25, -0.2) is 0 Å². The van der Waals surface area contributed by atoms with Gasteiger partial charge >= 0.3 is 4.87 Å². The summed E-state index contributed by atoms with van der Waals surface area (Å²) in [4.78, 5) is 26.6. The monoisotopic (exact) mass is 414 g/mol. The van der Waals surface area contributed by atoms with Crippen LogP contribution >= 0.6 is 11.3 Å². The van der Waals surface area contributed by atoms with Gasteiger partial charge in [-0.05, 0) is 42.3 Å². The van der Waals surface area contributed by atoms with Gasteiger partial charge in [-0.15, -0.1) is 0 Å². The number of hydrogen-bond acceptors (Lipinski definition) is 6. The van der Waals surface area contributed by atoms with Crippen LogP contribution in [0.2, 0.25) is 0 Å². The highest BCUT2D eigenvalue weighted by Gasteiger charge is 2.15. The van der Waals surface area contributed by atoms with Crippen LogP contribution in [0, 0.1) is 0 Å². The molecule has 3 rings (SSSR count). The van der Waals surface area contributed by atoms with E-state index in [1.165, 1.54) is 7.11 Å². The van der Waals surface area contributed by atoms with Crippen LogP contribution in [-0.2, 0) is 13.0 Å². The van der Waals surface area contributed by atoms with E-state index in [-0.39, 0.29) is 16.7 Å². The van der Waals surface area contributed by atoms with Crippen LogP contribution in [-0.4, -0.2) is 29.7 Å². The Morgan fingerprint density at radius 1 is 1.17 bits per heavy atom. The highest BCUT2D eigenvalue weighted by molar-refractivity contribution is 7.09. The number of ether oxygens (including phenoxy) is 2. The fourth-order valence-electron chi connectivity index (χ4n) is 2.85. The highest BCUT2D eigenvalue weighted by atomic mass is 32.1. The molecule has 8 heteroatoms.